The molecule has 0 aliphatic heterocycles. The Morgan fingerprint density at radius 3 is 2.75 bits per heavy atom. The zero-order valence-electron chi connectivity index (χ0n) is 13.0. The molecule has 7 nitrogen and oxygen atoms in total. The second-order valence-corrected chi connectivity index (χ2v) is 5.01. The normalized spacial score (nSPS) is 11.8. The van der Waals surface area contributed by atoms with Gasteiger partial charge in [-0.3, -0.25) is 4.98 Å². The maximum atomic E-state index is 10.5. The Kier molecular flexibility index (Phi) is 4.53. The molecule has 0 saturated carbocycles. The van der Waals surface area contributed by atoms with Gasteiger partial charge in [-0.15, -0.1) is 0 Å². The summed E-state index contributed by atoms with van der Waals surface area (Å²) >= 11 is 0. The number of para-hydroxylation sites is 2. The second-order valence-electron chi connectivity index (χ2n) is 5.01. The van der Waals surface area contributed by atoms with Gasteiger partial charge >= 0.3 is 0 Å². The van der Waals surface area contributed by atoms with Gasteiger partial charge in [-0.2, -0.15) is 0 Å². The summed E-state index contributed by atoms with van der Waals surface area (Å²) in [5.74, 6) is 0.754. The molecule has 0 fully saturated rings. The number of nitrogens with one attached hydrogen (secondary N) is 1. The zero-order valence-corrected chi connectivity index (χ0v) is 13.0. The van der Waals surface area contributed by atoms with E-state index in [2.05, 4.69) is 20.3 Å². The van der Waals surface area contributed by atoms with Crippen molar-refractivity contribution in [1.29, 1.82) is 0 Å². The summed E-state index contributed by atoms with van der Waals surface area (Å²) in [6, 6.07) is 10.9. The van der Waals surface area contributed by atoms with Crippen molar-refractivity contribution in [2.75, 3.05) is 18.2 Å². The van der Waals surface area contributed by atoms with Crippen LogP contribution in [-0.2, 0) is 0 Å². The topological polar surface area (TPSA) is 106 Å². The van der Waals surface area contributed by atoms with Crippen LogP contribution in [0.25, 0.3) is 11.3 Å². The number of nitrogen functional groups attached to an aromatic ring is 1. The van der Waals surface area contributed by atoms with Crippen LogP contribution in [-0.4, -0.2) is 27.2 Å². The molecule has 3 rings (SSSR count). The van der Waals surface area contributed by atoms with Crippen LogP contribution >= 0.6 is 0 Å². The van der Waals surface area contributed by atoms with Crippen LogP contribution in [0.2, 0.25) is 0 Å². The van der Waals surface area contributed by atoms with Crippen LogP contribution in [0.15, 0.2) is 55.0 Å². The zero-order chi connectivity index (χ0) is 16.9. The number of ether oxygens (including phenoxy) is 1. The highest BCUT2D eigenvalue weighted by Gasteiger charge is 2.17. The molecule has 0 aliphatic carbocycles. The van der Waals surface area contributed by atoms with Gasteiger partial charge in [0.1, 0.15) is 17.3 Å². The first kappa shape index (κ1) is 15.7. The molecular weight excluding hydrogens is 306 g/mol. The molecule has 24 heavy (non-hydrogen) atoms. The number of aliphatic hydroxyl groups is 1. The number of anilines is 2. The number of pyridine rings is 1. The lowest BCUT2D eigenvalue weighted by Crippen LogP contribution is -2.15. The molecule has 7 heteroatoms. The van der Waals surface area contributed by atoms with E-state index in [0.717, 1.165) is 5.56 Å². The van der Waals surface area contributed by atoms with Gasteiger partial charge in [0.2, 0.25) is 0 Å². The first-order chi connectivity index (χ1) is 11.7. The quantitative estimate of drug-likeness (QED) is 0.618. The third-order valence-corrected chi connectivity index (χ3v) is 3.44. The lowest BCUT2D eigenvalue weighted by atomic mass is 10.2. The largest absolute Gasteiger partial charge is 0.495 e. The van der Waals surface area contributed by atoms with Crippen LogP contribution in [0, 0.1) is 0 Å². The van der Waals surface area contributed by atoms with Crippen LogP contribution < -0.4 is 15.8 Å². The first-order valence-electron chi connectivity index (χ1n) is 7.29. The summed E-state index contributed by atoms with van der Waals surface area (Å²) in [7, 11) is 1.56. The summed E-state index contributed by atoms with van der Waals surface area (Å²) in [5, 5.41) is 13.4. The molecule has 1 unspecified atom stereocenters. The first-order valence-corrected chi connectivity index (χ1v) is 7.29. The predicted octanol–water partition coefficient (Wildman–Crippen LogP) is 2.23. The van der Waals surface area contributed by atoms with Crippen molar-refractivity contribution in [1.82, 2.24) is 15.0 Å². The van der Waals surface area contributed by atoms with Gasteiger partial charge in [-0.25, -0.2) is 9.97 Å². The molecule has 2 heterocycles. The minimum absolute atomic E-state index is 0.150. The fraction of sp³-hybridized carbons (Fsp3) is 0.118. The standard InChI is InChI=1S/C17H17N5O2/c1-24-14-7-3-2-6-12(14)22-17(23)15-16(18)20-10-13(21-15)11-5-4-8-19-9-11/h2-10,17,22-23H,1H3,(H2,18,20). The number of nitrogens with two attached hydrogens (primary N) is 1. The molecule has 0 spiro atoms. The molecule has 0 amide bonds. The molecular formula is C17H17N5O2. The molecule has 0 saturated heterocycles. The average Bonchev–Trinajstić information content (AvgIpc) is 2.63. The lowest BCUT2D eigenvalue weighted by Gasteiger charge is -2.17. The third-order valence-electron chi connectivity index (χ3n) is 3.44. The fourth-order valence-corrected chi connectivity index (χ4v) is 2.25. The fourth-order valence-electron chi connectivity index (χ4n) is 2.25. The van der Waals surface area contributed by atoms with Gasteiger partial charge in [-0.05, 0) is 24.3 Å². The van der Waals surface area contributed by atoms with E-state index in [1.807, 2.05) is 18.2 Å². The molecule has 1 atom stereocenters. The molecule has 2 aromatic heterocycles. The maximum absolute atomic E-state index is 10.5. The van der Waals surface area contributed by atoms with E-state index in [9.17, 15) is 5.11 Å². The summed E-state index contributed by atoms with van der Waals surface area (Å²) in [5.41, 5.74) is 8.10. The number of hydrogen-bond donors (Lipinski definition) is 3. The minimum atomic E-state index is -1.13. The monoisotopic (exact) mass is 323 g/mol. The Hall–Kier alpha value is -3.19. The SMILES string of the molecule is COc1ccccc1NC(O)c1nc(-c2cccnc2)cnc1N. The second kappa shape index (κ2) is 6.93. The van der Waals surface area contributed by atoms with E-state index < -0.39 is 6.23 Å². The van der Waals surface area contributed by atoms with Gasteiger partial charge in [0, 0.05) is 18.0 Å². The number of aromatic nitrogens is 3. The molecule has 0 aliphatic rings. The number of hydrogen-bond acceptors (Lipinski definition) is 7. The van der Waals surface area contributed by atoms with Crippen molar-refractivity contribution in [3.8, 4) is 17.0 Å². The van der Waals surface area contributed by atoms with Crippen molar-refractivity contribution in [2.45, 2.75) is 6.23 Å². The number of nitrogens with zero attached hydrogens (tertiary/aromatic N) is 3. The summed E-state index contributed by atoms with van der Waals surface area (Å²) in [6.45, 7) is 0. The average molecular weight is 323 g/mol. The van der Waals surface area contributed by atoms with Crippen LogP contribution in [0.5, 0.6) is 5.75 Å². The van der Waals surface area contributed by atoms with Gasteiger partial charge in [0.05, 0.1) is 24.7 Å². The minimum Gasteiger partial charge on any atom is -0.495 e. The van der Waals surface area contributed by atoms with Crippen molar-refractivity contribution in [3.05, 3.63) is 60.7 Å². The predicted molar refractivity (Wildman–Crippen MR) is 91.3 cm³/mol. The smallest absolute Gasteiger partial charge is 0.171 e. The van der Waals surface area contributed by atoms with Crippen molar-refractivity contribution >= 4 is 11.5 Å². The number of aliphatic hydroxyl groups excluding tert-OH is 1. The molecule has 0 bridgehead atoms. The Labute approximate surface area is 139 Å². The number of rotatable bonds is 5. The van der Waals surface area contributed by atoms with Crippen LogP contribution in [0.4, 0.5) is 11.5 Å². The van der Waals surface area contributed by atoms with Crippen LogP contribution in [0.3, 0.4) is 0 Å². The number of methoxy groups -OCH3 is 1. The molecule has 1 aromatic carbocycles. The Morgan fingerprint density at radius 2 is 2.00 bits per heavy atom. The Balaban J connectivity index is 1.91. The highest BCUT2D eigenvalue weighted by Crippen LogP contribution is 2.28. The summed E-state index contributed by atoms with van der Waals surface area (Å²) in [4.78, 5) is 12.6. The lowest BCUT2D eigenvalue weighted by molar-refractivity contribution is 0.203. The van der Waals surface area contributed by atoms with Crippen LogP contribution in [0.1, 0.15) is 11.9 Å². The van der Waals surface area contributed by atoms with Gasteiger partial charge in [0.25, 0.3) is 0 Å². The van der Waals surface area contributed by atoms with Crippen molar-refractivity contribution in [2.24, 2.45) is 0 Å². The molecule has 4 N–H and O–H groups in total. The number of benzene rings is 1. The van der Waals surface area contributed by atoms with Crippen molar-refractivity contribution in [3.63, 3.8) is 0 Å². The van der Waals surface area contributed by atoms with Crippen molar-refractivity contribution < 1.29 is 9.84 Å². The Bertz CT molecular complexity index is 826. The van der Waals surface area contributed by atoms with E-state index in [-0.39, 0.29) is 11.5 Å². The van der Waals surface area contributed by atoms with E-state index in [0.29, 0.717) is 17.1 Å². The van der Waals surface area contributed by atoms with E-state index >= 15 is 0 Å². The van der Waals surface area contributed by atoms with E-state index in [4.69, 9.17) is 10.5 Å². The highest BCUT2D eigenvalue weighted by atomic mass is 16.5. The maximum Gasteiger partial charge on any atom is 0.171 e. The molecule has 3 aromatic rings. The third kappa shape index (κ3) is 3.26. The summed E-state index contributed by atoms with van der Waals surface area (Å²) in [6.07, 6.45) is 3.76. The molecule has 122 valence electrons. The Morgan fingerprint density at radius 1 is 1.17 bits per heavy atom. The summed E-state index contributed by atoms with van der Waals surface area (Å²) < 4.78 is 5.26. The van der Waals surface area contributed by atoms with E-state index in [1.54, 1.807) is 43.9 Å². The van der Waals surface area contributed by atoms with Gasteiger partial charge in [-0.1, -0.05) is 12.1 Å². The molecule has 0 radical (unpaired) electrons. The van der Waals surface area contributed by atoms with Gasteiger partial charge in [0.15, 0.2) is 6.23 Å². The highest BCUT2D eigenvalue weighted by molar-refractivity contribution is 5.60. The van der Waals surface area contributed by atoms with E-state index in [1.165, 1.54) is 0 Å². The van der Waals surface area contributed by atoms with Gasteiger partial charge < -0.3 is 20.9 Å².